The van der Waals surface area contributed by atoms with Crippen LogP contribution in [0.2, 0.25) is 0 Å². The molecule has 1 aromatic rings. The van der Waals surface area contributed by atoms with E-state index in [9.17, 15) is 18.0 Å². The first-order chi connectivity index (χ1) is 19.5. The molecule has 41 heavy (non-hydrogen) atoms. The first kappa shape index (κ1) is 38.6. The molecule has 1 unspecified atom stereocenters. The van der Waals surface area contributed by atoms with E-state index in [4.69, 9.17) is 26.7 Å². The molecular weight excluding hydrogens is 557 g/mol. The van der Waals surface area contributed by atoms with Gasteiger partial charge in [-0.15, -0.1) is 0 Å². The summed E-state index contributed by atoms with van der Waals surface area (Å²) in [6.07, 6.45) is 9.39. The van der Waals surface area contributed by atoms with E-state index in [1.54, 1.807) is 29.8 Å². The van der Waals surface area contributed by atoms with Gasteiger partial charge in [0.25, 0.3) is 0 Å². The van der Waals surface area contributed by atoms with Crippen molar-refractivity contribution in [3.05, 3.63) is 58.7 Å². The van der Waals surface area contributed by atoms with Crippen molar-refractivity contribution in [3.8, 4) is 0 Å². The molecule has 10 heteroatoms. The number of carboxylic acids is 1. The van der Waals surface area contributed by atoms with Gasteiger partial charge in [-0.25, -0.2) is 4.79 Å². The molecule has 0 saturated heterocycles. The van der Waals surface area contributed by atoms with Crippen LogP contribution in [0.1, 0.15) is 88.6 Å². The van der Waals surface area contributed by atoms with Crippen molar-refractivity contribution >= 4 is 23.3 Å². The summed E-state index contributed by atoms with van der Waals surface area (Å²) in [7, 11) is 1.00. The van der Waals surface area contributed by atoms with Crippen molar-refractivity contribution in [2.75, 3.05) is 26.8 Å². The molecule has 234 valence electrons. The summed E-state index contributed by atoms with van der Waals surface area (Å²) in [4.78, 5) is 15.9. The number of benzene rings is 1. The van der Waals surface area contributed by atoms with E-state index in [1.165, 1.54) is 37.7 Å². The first-order valence-electron chi connectivity index (χ1n) is 14.2. The van der Waals surface area contributed by atoms with Gasteiger partial charge in [-0.05, 0) is 94.5 Å². The van der Waals surface area contributed by atoms with Crippen LogP contribution in [-0.4, -0.2) is 54.9 Å². The molecule has 2 saturated carbocycles. The minimum atomic E-state index is -4.00. The number of nitrogens with one attached hydrogen (secondary N) is 1. The summed E-state index contributed by atoms with van der Waals surface area (Å²) in [5.74, 6) is 1.38. The Kier molecular flexibility index (Phi) is 21.0. The number of alkyl halides is 3. The van der Waals surface area contributed by atoms with Gasteiger partial charge in [0.2, 0.25) is 0 Å². The van der Waals surface area contributed by atoms with Crippen LogP contribution in [0.15, 0.2) is 52.7 Å². The highest BCUT2D eigenvalue weighted by Gasteiger charge is 2.22. The second-order valence-corrected chi connectivity index (χ2v) is 10.2. The van der Waals surface area contributed by atoms with E-state index < -0.39 is 12.1 Å². The Hall–Kier alpha value is -2.36. The van der Waals surface area contributed by atoms with Crippen LogP contribution in [0.5, 0.6) is 0 Å². The Morgan fingerprint density at radius 3 is 2.15 bits per heavy atom. The number of oxime groups is 1. The summed E-state index contributed by atoms with van der Waals surface area (Å²) < 4.78 is 31.1. The molecule has 0 amide bonds. The van der Waals surface area contributed by atoms with E-state index in [2.05, 4.69) is 43.4 Å². The summed E-state index contributed by atoms with van der Waals surface area (Å²) in [6.45, 7) is 9.46. The molecule has 0 bridgehead atoms. The number of rotatable bonds is 9. The molecule has 2 fully saturated rings. The number of hydrogen-bond acceptors (Lipinski definition) is 5. The lowest BCUT2D eigenvalue weighted by Gasteiger charge is -2.20. The summed E-state index contributed by atoms with van der Waals surface area (Å²) >= 11 is 5.42. The lowest BCUT2D eigenvalue weighted by atomic mass is 9.95. The number of aliphatic hydroxyl groups is 1. The average molecular weight is 605 g/mol. The number of allylic oxidation sites excluding steroid dienone is 2. The summed E-state index contributed by atoms with van der Waals surface area (Å²) in [5, 5.41) is 23.1. The van der Waals surface area contributed by atoms with Crippen LogP contribution >= 0.6 is 11.6 Å². The molecule has 0 spiro atoms. The topological polar surface area (TPSA) is 91.2 Å². The highest BCUT2D eigenvalue weighted by atomic mass is 35.5. The zero-order valence-electron chi connectivity index (χ0n) is 25.0. The quantitative estimate of drug-likeness (QED) is 0.195. The van der Waals surface area contributed by atoms with Crippen molar-refractivity contribution in [3.63, 3.8) is 0 Å². The number of carboxylic acid groups (broad SMARTS) is 1. The molecule has 1 aromatic carbocycles. The second kappa shape index (κ2) is 22.3. The molecule has 1 heterocycles. The van der Waals surface area contributed by atoms with Crippen LogP contribution in [0.3, 0.4) is 0 Å². The molecule has 4 rings (SSSR count). The fraction of sp³-hybridized carbons (Fsp3) is 0.613. The Morgan fingerprint density at radius 2 is 1.73 bits per heavy atom. The third-order valence-corrected chi connectivity index (χ3v) is 6.52. The monoisotopic (exact) mass is 604 g/mol. The highest BCUT2D eigenvalue weighted by molar-refractivity contribution is 6.25. The predicted molar refractivity (Wildman–Crippen MR) is 162 cm³/mol. The Bertz CT molecular complexity index is 920. The fourth-order valence-corrected chi connectivity index (χ4v) is 3.57. The lowest BCUT2D eigenvalue weighted by Crippen LogP contribution is -2.19. The van der Waals surface area contributed by atoms with Crippen LogP contribution in [0, 0.1) is 17.8 Å². The normalized spacial score (nSPS) is 18.0. The molecule has 3 N–H and O–H groups in total. The predicted octanol–water partition coefficient (Wildman–Crippen LogP) is 8.20. The Labute approximate surface area is 248 Å². The van der Waals surface area contributed by atoms with Gasteiger partial charge < -0.3 is 20.4 Å². The minimum absolute atomic E-state index is 0.188. The first-order valence-corrected chi connectivity index (χ1v) is 14.6. The number of halogens is 4. The second-order valence-electron chi connectivity index (χ2n) is 10.0. The smallest absolute Gasteiger partial charge is 0.386 e. The van der Waals surface area contributed by atoms with Gasteiger partial charge in [0.05, 0.1) is 11.3 Å². The van der Waals surface area contributed by atoms with Crippen molar-refractivity contribution in [2.45, 2.75) is 78.8 Å². The summed E-state index contributed by atoms with van der Waals surface area (Å²) in [6, 6.07) is 6.75. The molecule has 1 atom stereocenters. The largest absolute Gasteiger partial charge is 0.478 e. The highest BCUT2D eigenvalue weighted by Crippen LogP contribution is 2.36. The number of carbonyl (C=O) groups is 1. The van der Waals surface area contributed by atoms with Crippen LogP contribution in [-0.2, 0) is 4.84 Å². The molecular formula is C31H48ClF3N2O4. The number of hydrogen-bond donors (Lipinski definition) is 3. The van der Waals surface area contributed by atoms with Crippen molar-refractivity contribution < 1.29 is 33.0 Å². The number of nitrogens with zero attached hydrogens (tertiary/aromatic N) is 1. The molecule has 6 nitrogen and oxygen atoms in total. The van der Waals surface area contributed by atoms with Gasteiger partial charge in [0.1, 0.15) is 6.61 Å². The molecule has 3 aliphatic rings. The van der Waals surface area contributed by atoms with Gasteiger partial charge in [0, 0.05) is 25.5 Å². The zero-order valence-corrected chi connectivity index (χ0v) is 25.8. The third-order valence-electron chi connectivity index (χ3n) is 6.17. The van der Waals surface area contributed by atoms with Gasteiger partial charge in [-0.3, -0.25) is 0 Å². The summed E-state index contributed by atoms with van der Waals surface area (Å²) in [5.41, 5.74) is 5.17. The lowest BCUT2D eigenvalue weighted by molar-refractivity contribution is -0.110. The standard InChI is InChI=1S/C13H15NO3.C9H17N.C6H9Cl.C2H3F3.CH4O/c1-2-9-7-12(14-17-8-9)10-3-5-11(6-4-10)13(15)16;1-2-10-8-4-3-5-9-6-7-9;1-5(4-7)6-2-3-6;1-2(3,4)5;1-2/h3-6,9H,2,7-8H2,1H3,(H,15,16);3,5,9-10H,2,4,6-8H2,1H3;4,6H,2-3H2,1H3;1H3;2H,1H3/b;5-3+;5-4-;;. The Morgan fingerprint density at radius 1 is 1.15 bits per heavy atom. The third kappa shape index (κ3) is 22.0. The number of aliphatic hydroxyl groups excluding tert-OH is 1. The van der Waals surface area contributed by atoms with E-state index in [0.717, 1.165) is 56.2 Å². The van der Waals surface area contributed by atoms with Crippen molar-refractivity contribution in [1.82, 2.24) is 5.32 Å². The molecule has 1 aliphatic heterocycles. The van der Waals surface area contributed by atoms with Crippen molar-refractivity contribution in [1.29, 1.82) is 0 Å². The van der Waals surface area contributed by atoms with Crippen LogP contribution < -0.4 is 5.32 Å². The van der Waals surface area contributed by atoms with Gasteiger partial charge in [-0.1, -0.05) is 60.5 Å². The maximum absolute atomic E-state index is 10.7. The van der Waals surface area contributed by atoms with Gasteiger partial charge in [-0.2, -0.15) is 13.2 Å². The molecule has 2 aliphatic carbocycles. The van der Waals surface area contributed by atoms with E-state index in [-0.39, 0.29) is 12.5 Å². The van der Waals surface area contributed by atoms with Gasteiger partial charge in [0.15, 0.2) is 0 Å². The number of aromatic carboxylic acids is 1. The Balaban J connectivity index is 0.000000566. The van der Waals surface area contributed by atoms with Crippen molar-refractivity contribution in [2.24, 2.45) is 22.9 Å². The maximum Gasteiger partial charge on any atom is 0.386 e. The van der Waals surface area contributed by atoms with E-state index >= 15 is 0 Å². The zero-order chi connectivity index (χ0) is 31.3. The molecule has 0 aromatic heterocycles. The fourth-order valence-electron chi connectivity index (χ4n) is 3.40. The minimum Gasteiger partial charge on any atom is -0.478 e. The van der Waals surface area contributed by atoms with Gasteiger partial charge >= 0.3 is 12.1 Å². The van der Waals surface area contributed by atoms with Crippen LogP contribution in [0.25, 0.3) is 0 Å². The maximum atomic E-state index is 10.7. The SMILES string of the molecule is C/C(=C/Cl)C1CC1.CC(F)(F)F.CCC1CON=C(c2ccc(C(=O)O)cc2)C1.CCNCC/C=C/C1CC1.CO. The van der Waals surface area contributed by atoms with E-state index in [1.807, 2.05) is 0 Å². The average Bonchev–Trinajstić information content (AvgIpc) is 3.88. The van der Waals surface area contributed by atoms with Crippen LogP contribution in [0.4, 0.5) is 13.2 Å². The molecule has 0 radical (unpaired) electrons. The van der Waals surface area contributed by atoms with E-state index in [0.29, 0.717) is 12.5 Å².